The Hall–Kier alpha value is -0.450. The number of piperidine rings is 1. The molecule has 0 N–H and O–H groups in total. The van der Waals surface area contributed by atoms with Crippen LogP contribution in [0.15, 0.2) is 22.8 Å². The minimum absolute atomic E-state index is 0.453. The van der Waals surface area contributed by atoms with Gasteiger partial charge in [-0.25, -0.2) is 0 Å². The third kappa shape index (κ3) is 3.27. The van der Waals surface area contributed by atoms with Crippen LogP contribution in [0.5, 0.6) is 0 Å². The van der Waals surface area contributed by atoms with Crippen LogP contribution in [0.2, 0.25) is 0 Å². The fourth-order valence-corrected chi connectivity index (χ4v) is 2.27. The average Bonchev–Trinajstić information content (AvgIpc) is 2.33. The second-order valence-corrected chi connectivity index (χ2v) is 5.09. The van der Waals surface area contributed by atoms with Gasteiger partial charge in [0.05, 0.1) is 11.8 Å². The molecule has 0 unspecified atom stereocenters. The number of ether oxygens (including phenoxy) is 1. The summed E-state index contributed by atoms with van der Waals surface area (Å²) in [6.07, 6.45) is 4.58. The molecule has 0 saturated carbocycles. The first kappa shape index (κ1) is 12.0. The number of halogens is 1. The van der Waals surface area contributed by atoms with Crippen molar-refractivity contribution in [1.29, 1.82) is 0 Å². The molecule has 88 valence electrons. The molecule has 1 aliphatic heterocycles. The molecule has 2 heterocycles. The predicted molar refractivity (Wildman–Crippen MR) is 67.2 cm³/mol. The summed E-state index contributed by atoms with van der Waals surface area (Å²) in [7, 11) is 1.80. The molecule has 2 rings (SSSR count). The van der Waals surface area contributed by atoms with Crippen LogP contribution in [-0.2, 0) is 11.3 Å². The number of aromatic nitrogens is 1. The summed E-state index contributed by atoms with van der Waals surface area (Å²) in [6, 6.07) is 4.12. The SMILES string of the molecule is COC1CCN(Cc2ccc(Br)cn2)CC1. The van der Waals surface area contributed by atoms with Gasteiger partial charge in [-0.05, 0) is 40.9 Å². The maximum Gasteiger partial charge on any atom is 0.0595 e. The molecular formula is C12H17BrN2O. The predicted octanol–water partition coefficient (Wildman–Crippen LogP) is 2.45. The molecule has 1 aliphatic rings. The van der Waals surface area contributed by atoms with Crippen LogP contribution in [0, 0.1) is 0 Å². The molecule has 0 atom stereocenters. The summed E-state index contributed by atoms with van der Waals surface area (Å²) < 4.78 is 6.39. The van der Waals surface area contributed by atoms with Crippen LogP contribution >= 0.6 is 15.9 Å². The van der Waals surface area contributed by atoms with Crippen LogP contribution in [0.25, 0.3) is 0 Å². The first-order chi connectivity index (χ1) is 7.78. The lowest BCUT2D eigenvalue weighted by Crippen LogP contribution is -2.36. The van der Waals surface area contributed by atoms with E-state index < -0.39 is 0 Å². The minimum atomic E-state index is 0.453. The molecule has 0 aliphatic carbocycles. The average molecular weight is 285 g/mol. The maximum absolute atomic E-state index is 5.36. The molecule has 3 nitrogen and oxygen atoms in total. The quantitative estimate of drug-likeness (QED) is 0.853. The van der Waals surface area contributed by atoms with Gasteiger partial charge < -0.3 is 4.74 Å². The summed E-state index contributed by atoms with van der Waals surface area (Å²) in [5.41, 5.74) is 1.14. The molecular weight excluding hydrogens is 268 g/mol. The Morgan fingerprint density at radius 1 is 1.44 bits per heavy atom. The number of likely N-dealkylation sites (tertiary alicyclic amines) is 1. The molecule has 1 saturated heterocycles. The van der Waals surface area contributed by atoms with E-state index in [0.717, 1.165) is 42.6 Å². The van der Waals surface area contributed by atoms with Gasteiger partial charge in [-0.3, -0.25) is 9.88 Å². The largest absolute Gasteiger partial charge is 0.381 e. The van der Waals surface area contributed by atoms with Crippen LogP contribution in [-0.4, -0.2) is 36.2 Å². The summed E-state index contributed by atoms with van der Waals surface area (Å²) in [4.78, 5) is 6.83. The second kappa shape index (κ2) is 5.75. The van der Waals surface area contributed by atoms with E-state index >= 15 is 0 Å². The van der Waals surface area contributed by atoms with E-state index in [1.807, 2.05) is 12.3 Å². The monoisotopic (exact) mass is 284 g/mol. The summed E-state index contributed by atoms with van der Waals surface area (Å²) in [6.45, 7) is 3.16. The molecule has 0 amide bonds. The van der Waals surface area contributed by atoms with Crippen molar-refractivity contribution in [2.24, 2.45) is 0 Å². The number of pyridine rings is 1. The van der Waals surface area contributed by atoms with Gasteiger partial charge in [-0.2, -0.15) is 0 Å². The molecule has 1 fully saturated rings. The Morgan fingerprint density at radius 3 is 2.75 bits per heavy atom. The molecule has 0 spiro atoms. The number of hydrogen-bond acceptors (Lipinski definition) is 3. The van der Waals surface area contributed by atoms with Gasteiger partial charge in [-0.15, -0.1) is 0 Å². The van der Waals surface area contributed by atoms with Gasteiger partial charge in [0.15, 0.2) is 0 Å². The van der Waals surface area contributed by atoms with Crippen LogP contribution < -0.4 is 0 Å². The van der Waals surface area contributed by atoms with Crippen LogP contribution in [0.3, 0.4) is 0 Å². The molecule has 1 aromatic rings. The Labute approximate surface area is 105 Å². The lowest BCUT2D eigenvalue weighted by molar-refractivity contribution is 0.0385. The van der Waals surface area contributed by atoms with E-state index in [2.05, 4.69) is 31.9 Å². The fraction of sp³-hybridized carbons (Fsp3) is 0.583. The van der Waals surface area contributed by atoms with E-state index in [1.54, 1.807) is 7.11 Å². The maximum atomic E-state index is 5.36. The highest BCUT2D eigenvalue weighted by Crippen LogP contribution is 2.15. The standard InChI is InChI=1S/C12H17BrN2O/c1-16-12-4-6-15(7-5-12)9-11-3-2-10(13)8-14-11/h2-3,8,12H,4-7,9H2,1H3. The van der Waals surface area contributed by atoms with Crippen molar-refractivity contribution in [2.45, 2.75) is 25.5 Å². The van der Waals surface area contributed by atoms with Crippen molar-refractivity contribution in [3.63, 3.8) is 0 Å². The van der Waals surface area contributed by atoms with Crippen LogP contribution in [0.1, 0.15) is 18.5 Å². The van der Waals surface area contributed by atoms with E-state index in [-0.39, 0.29) is 0 Å². The van der Waals surface area contributed by atoms with Gasteiger partial charge in [0.2, 0.25) is 0 Å². The first-order valence-corrected chi connectivity index (χ1v) is 6.43. The number of hydrogen-bond donors (Lipinski definition) is 0. The Balaban J connectivity index is 1.84. The third-order valence-electron chi connectivity index (χ3n) is 3.04. The topological polar surface area (TPSA) is 25.4 Å². The summed E-state index contributed by atoms with van der Waals surface area (Å²) >= 11 is 3.40. The number of rotatable bonds is 3. The highest BCUT2D eigenvalue weighted by molar-refractivity contribution is 9.10. The third-order valence-corrected chi connectivity index (χ3v) is 3.51. The molecule has 0 bridgehead atoms. The van der Waals surface area contributed by atoms with Gasteiger partial charge in [-0.1, -0.05) is 0 Å². The minimum Gasteiger partial charge on any atom is -0.381 e. The van der Waals surface area contributed by atoms with E-state index in [4.69, 9.17) is 4.74 Å². The number of methoxy groups -OCH3 is 1. The van der Waals surface area contributed by atoms with Crippen LogP contribution in [0.4, 0.5) is 0 Å². The summed E-state index contributed by atoms with van der Waals surface area (Å²) in [5, 5.41) is 0. The van der Waals surface area contributed by atoms with Crippen molar-refractivity contribution in [2.75, 3.05) is 20.2 Å². The normalized spacial score (nSPS) is 18.9. The van der Waals surface area contributed by atoms with Crippen molar-refractivity contribution in [3.05, 3.63) is 28.5 Å². The first-order valence-electron chi connectivity index (χ1n) is 5.63. The zero-order valence-electron chi connectivity index (χ0n) is 9.53. The van der Waals surface area contributed by atoms with Crippen molar-refractivity contribution in [3.8, 4) is 0 Å². The van der Waals surface area contributed by atoms with Crippen molar-refractivity contribution < 1.29 is 4.74 Å². The zero-order valence-corrected chi connectivity index (χ0v) is 11.1. The highest BCUT2D eigenvalue weighted by atomic mass is 79.9. The molecule has 1 aromatic heterocycles. The van der Waals surface area contributed by atoms with Crippen molar-refractivity contribution in [1.82, 2.24) is 9.88 Å². The van der Waals surface area contributed by atoms with Gasteiger partial charge >= 0.3 is 0 Å². The smallest absolute Gasteiger partial charge is 0.0595 e. The highest BCUT2D eigenvalue weighted by Gasteiger charge is 2.18. The molecule has 0 aromatic carbocycles. The molecule has 0 radical (unpaired) electrons. The van der Waals surface area contributed by atoms with Gasteiger partial charge in [0.1, 0.15) is 0 Å². The van der Waals surface area contributed by atoms with Gasteiger partial charge in [0.25, 0.3) is 0 Å². The van der Waals surface area contributed by atoms with E-state index in [9.17, 15) is 0 Å². The van der Waals surface area contributed by atoms with Crippen molar-refractivity contribution >= 4 is 15.9 Å². The lowest BCUT2D eigenvalue weighted by atomic mass is 10.1. The number of nitrogens with zero attached hydrogens (tertiary/aromatic N) is 2. The Morgan fingerprint density at radius 2 is 2.19 bits per heavy atom. The fourth-order valence-electron chi connectivity index (χ4n) is 2.03. The second-order valence-electron chi connectivity index (χ2n) is 4.18. The Bertz CT molecular complexity index is 320. The zero-order chi connectivity index (χ0) is 11.4. The Kier molecular flexibility index (Phi) is 4.32. The van der Waals surface area contributed by atoms with Gasteiger partial charge in [0, 0.05) is 37.4 Å². The lowest BCUT2D eigenvalue weighted by Gasteiger charge is -2.30. The van der Waals surface area contributed by atoms with E-state index in [1.165, 1.54) is 0 Å². The van der Waals surface area contributed by atoms with E-state index in [0.29, 0.717) is 6.10 Å². The molecule has 4 heteroatoms. The summed E-state index contributed by atoms with van der Waals surface area (Å²) in [5.74, 6) is 0. The molecule has 16 heavy (non-hydrogen) atoms.